The summed E-state index contributed by atoms with van der Waals surface area (Å²) in [6.07, 6.45) is 1.10. The normalized spacial score (nSPS) is 11.8. The zero-order valence-electron chi connectivity index (χ0n) is 9.31. The SMILES string of the molecule is CC(=O)NC(C)(C)CCOC(C)C. The molecule has 0 aliphatic rings. The Morgan fingerprint density at radius 2 is 2.00 bits per heavy atom. The molecule has 13 heavy (non-hydrogen) atoms. The minimum Gasteiger partial charge on any atom is -0.379 e. The van der Waals surface area contributed by atoms with Gasteiger partial charge in [0.2, 0.25) is 5.91 Å². The van der Waals surface area contributed by atoms with E-state index in [9.17, 15) is 4.79 Å². The number of carbonyl (C=O) groups is 1. The van der Waals surface area contributed by atoms with Gasteiger partial charge in [-0.15, -0.1) is 0 Å². The van der Waals surface area contributed by atoms with Gasteiger partial charge in [-0.25, -0.2) is 0 Å². The van der Waals surface area contributed by atoms with Gasteiger partial charge >= 0.3 is 0 Å². The fraction of sp³-hybridized carbons (Fsp3) is 0.900. The average molecular weight is 187 g/mol. The first-order chi connectivity index (χ1) is 5.83. The van der Waals surface area contributed by atoms with Crippen LogP contribution in [0, 0.1) is 0 Å². The molecular weight excluding hydrogens is 166 g/mol. The maximum atomic E-state index is 10.8. The summed E-state index contributed by atoms with van der Waals surface area (Å²) in [6, 6.07) is 0. The van der Waals surface area contributed by atoms with Gasteiger partial charge in [0.05, 0.1) is 6.10 Å². The van der Waals surface area contributed by atoms with Crippen molar-refractivity contribution in [2.45, 2.75) is 52.7 Å². The predicted octanol–water partition coefficient (Wildman–Crippen LogP) is 1.72. The molecule has 1 N–H and O–H groups in total. The van der Waals surface area contributed by atoms with E-state index in [0.717, 1.165) is 6.42 Å². The van der Waals surface area contributed by atoms with Gasteiger partial charge in [-0.2, -0.15) is 0 Å². The number of carbonyl (C=O) groups excluding carboxylic acids is 1. The summed E-state index contributed by atoms with van der Waals surface area (Å²) in [4.78, 5) is 10.8. The Labute approximate surface area is 80.8 Å². The number of rotatable bonds is 5. The van der Waals surface area contributed by atoms with Gasteiger partial charge in [-0.1, -0.05) is 0 Å². The van der Waals surface area contributed by atoms with Crippen LogP contribution < -0.4 is 5.32 Å². The predicted molar refractivity (Wildman–Crippen MR) is 53.6 cm³/mol. The lowest BCUT2D eigenvalue weighted by Crippen LogP contribution is -2.43. The molecular formula is C10H21NO2. The van der Waals surface area contributed by atoms with Crippen molar-refractivity contribution in [1.29, 1.82) is 0 Å². The second kappa shape index (κ2) is 5.22. The lowest BCUT2D eigenvalue weighted by molar-refractivity contribution is -0.120. The van der Waals surface area contributed by atoms with Gasteiger partial charge < -0.3 is 10.1 Å². The summed E-state index contributed by atoms with van der Waals surface area (Å²) in [5.41, 5.74) is -0.166. The quantitative estimate of drug-likeness (QED) is 0.711. The molecule has 78 valence electrons. The Hall–Kier alpha value is -0.570. The number of hydrogen-bond acceptors (Lipinski definition) is 2. The monoisotopic (exact) mass is 187 g/mol. The zero-order chi connectivity index (χ0) is 10.5. The maximum Gasteiger partial charge on any atom is 0.217 e. The third kappa shape index (κ3) is 7.78. The van der Waals surface area contributed by atoms with Crippen molar-refractivity contribution >= 4 is 5.91 Å². The molecule has 0 rings (SSSR count). The van der Waals surface area contributed by atoms with Crippen LogP contribution >= 0.6 is 0 Å². The molecule has 0 bridgehead atoms. The first-order valence-corrected chi connectivity index (χ1v) is 4.74. The first kappa shape index (κ1) is 12.4. The molecule has 0 radical (unpaired) electrons. The number of hydrogen-bond donors (Lipinski definition) is 1. The van der Waals surface area contributed by atoms with Crippen molar-refractivity contribution in [3.8, 4) is 0 Å². The molecule has 0 atom stereocenters. The van der Waals surface area contributed by atoms with Crippen molar-refractivity contribution < 1.29 is 9.53 Å². The standard InChI is InChI=1S/C10H21NO2/c1-8(2)13-7-6-10(4,5)11-9(3)12/h8H,6-7H2,1-5H3,(H,11,12). The van der Waals surface area contributed by atoms with Gasteiger partial charge in [0.25, 0.3) is 0 Å². The molecule has 1 amide bonds. The van der Waals surface area contributed by atoms with E-state index in [0.29, 0.717) is 6.61 Å². The van der Waals surface area contributed by atoms with Gasteiger partial charge in [-0.3, -0.25) is 4.79 Å². The number of amides is 1. The van der Waals surface area contributed by atoms with Crippen LogP contribution in [0.4, 0.5) is 0 Å². The fourth-order valence-electron chi connectivity index (χ4n) is 1.09. The number of ether oxygens (including phenoxy) is 1. The van der Waals surface area contributed by atoms with E-state index in [2.05, 4.69) is 5.32 Å². The molecule has 0 aliphatic carbocycles. The van der Waals surface area contributed by atoms with Gasteiger partial charge in [0.15, 0.2) is 0 Å². The van der Waals surface area contributed by atoms with Crippen molar-refractivity contribution in [1.82, 2.24) is 5.32 Å². The third-order valence-corrected chi connectivity index (χ3v) is 1.69. The van der Waals surface area contributed by atoms with Crippen LogP contribution in [0.15, 0.2) is 0 Å². The van der Waals surface area contributed by atoms with E-state index in [1.165, 1.54) is 6.92 Å². The van der Waals surface area contributed by atoms with Gasteiger partial charge in [0, 0.05) is 19.1 Å². The van der Waals surface area contributed by atoms with Crippen LogP contribution in [0.3, 0.4) is 0 Å². The summed E-state index contributed by atoms with van der Waals surface area (Å²) >= 11 is 0. The molecule has 0 aromatic heterocycles. The Kier molecular flexibility index (Phi) is 4.99. The molecule has 0 saturated heterocycles. The molecule has 0 aliphatic heterocycles. The zero-order valence-corrected chi connectivity index (χ0v) is 9.31. The molecule has 0 heterocycles. The molecule has 0 spiro atoms. The fourth-order valence-corrected chi connectivity index (χ4v) is 1.09. The van der Waals surface area contributed by atoms with Crippen LogP contribution in [-0.2, 0) is 9.53 Å². The van der Waals surface area contributed by atoms with E-state index in [1.54, 1.807) is 0 Å². The Balaban J connectivity index is 3.69. The third-order valence-electron chi connectivity index (χ3n) is 1.69. The summed E-state index contributed by atoms with van der Waals surface area (Å²) in [7, 11) is 0. The Bertz CT molecular complexity index is 164. The van der Waals surface area contributed by atoms with E-state index < -0.39 is 0 Å². The lowest BCUT2D eigenvalue weighted by atomic mass is 10.0. The van der Waals surface area contributed by atoms with Crippen LogP contribution in [0.5, 0.6) is 0 Å². The van der Waals surface area contributed by atoms with Gasteiger partial charge in [0.1, 0.15) is 0 Å². The van der Waals surface area contributed by atoms with Crippen LogP contribution in [0.25, 0.3) is 0 Å². The van der Waals surface area contributed by atoms with Gasteiger partial charge in [-0.05, 0) is 34.1 Å². The van der Waals surface area contributed by atoms with E-state index in [-0.39, 0.29) is 17.6 Å². The highest BCUT2D eigenvalue weighted by atomic mass is 16.5. The Morgan fingerprint density at radius 1 is 1.46 bits per heavy atom. The molecule has 0 unspecified atom stereocenters. The molecule has 0 aromatic carbocycles. The van der Waals surface area contributed by atoms with Crippen molar-refractivity contribution in [3.05, 3.63) is 0 Å². The topological polar surface area (TPSA) is 38.3 Å². The average Bonchev–Trinajstić information content (AvgIpc) is 1.81. The first-order valence-electron chi connectivity index (χ1n) is 4.74. The van der Waals surface area contributed by atoms with E-state index in [1.807, 2.05) is 27.7 Å². The molecule has 0 fully saturated rings. The largest absolute Gasteiger partial charge is 0.379 e. The lowest BCUT2D eigenvalue weighted by Gasteiger charge is -2.25. The summed E-state index contributed by atoms with van der Waals surface area (Å²) in [6.45, 7) is 10.2. The number of nitrogens with one attached hydrogen (secondary N) is 1. The van der Waals surface area contributed by atoms with E-state index >= 15 is 0 Å². The second-order valence-electron chi connectivity index (χ2n) is 4.23. The van der Waals surface area contributed by atoms with Crippen LogP contribution in [-0.4, -0.2) is 24.2 Å². The summed E-state index contributed by atoms with van der Waals surface area (Å²) < 4.78 is 5.41. The van der Waals surface area contributed by atoms with Crippen molar-refractivity contribution in [2.24, 2.45) is 0 Å². The molecule has 3 heteroatoms. The highest BCUT2D eigenvalue weighted by molar-refractivity contribution is 5.73. The smallest absolute Gasteiger partial charge is 0.217 e. The minimum atomic E-state index is -0.166. The highest BCUT2D eigenvalue weighted by Crippen LogP contribution is 2.08. The van der Waals surface area contributed by atoms with Crippen LogP contribution in [0.2, 0.25) is 0 Å². The second-order valence-corrected chi connectivity index (χ2v) is 4.23. The molecule has 0 saturated carbocycles. The summed E-state index contributed by atoms with van der Waals surface area (Å²) in [5, 5.41) is 2.87. The van der Waals surface area contributed by atoms with Crippen molar-refractivity contribution in [3.63, 3.8) is 0 Å². The van der Waals surface area contributed by atoms with Crippen LogP contribution in [0.1, 0.15) is 41.0 Å². The van der Waals surface area contributed by atoms with E-state index in [4.69, 9.17) is 4.74 Å². The van der Waals surface area contributed by atoms with Crippen molar-refractivity contribution in [2.75, 3.05) is 6.61 Å². The minimum absolute atomic E-state index is 0.00884. The molecule has 0 aromatic rings. The maximum absolute atomic E-state index is 10.8. The highest BCUT2D eigenvalue weighted by Gasteiger charge is 2.18. The summed E-state index contributed by atoms with van der Waals surface area (Å²) in [5.74, 6) is 0.00884. The molecule has 3 nitrogen and oxygen atoms in total. The Morgan fingerprint density at radius 3 is 2.38 bits per heavy atom.